The molecule has 4 N–H and O–H groups in total. The summed E-state index contributed by atoms with van der Waals surface area (Å²) in [6, 6.07) is 16.7. The number of aliphatic hydroxyl groups is 1. The van der Waals surface area contributed by atoms with Crippen molar-refractivity contribution in [2.24, 2.45) is 0 Å². The second-order valence-corrected chi connectivity index (χ2v) is 5.84. The molecule has 0 spiro atoms. The molecule has 5 nitrogen and oxygen atoms in total. The topological polar surface area (TPSA) is 81.6 Å². The Balaban J connectivity index is 1.71. The number of phenolic OH excluding ortho intramolecular Hbond substituents is 1. The Kier molecular flexibility index (Phi) is 6.78. The van der Waals surface area contributed by atoms with Crippen LogP contribution in [0.15, 0.2) is 54.6 Å². The third kappa shape index (κ3) is 5.68. The van der Waals surface area contributed by atoms with Crippen LogP contribution in [-0.4, -0.2) is 34.9 Å². The van der Waals surface area contributed by atoms with Crippen LogP contribution >= 0.6 is 0 Å². The standard InChI is InChI=1S/C19H24N2O3/c1-14(11-12-15-7-3-2-4-8-15)20-13-18(23)21-19(24)16-9-5-6-10-17(16)22/h2-10,14,18,20,22-23H,11-13H2,1H3,(H,21,24)/t14-,18-/m1/s1. The summed E-state index contributed by atoms with van der Waals surface area (Å²) in [5.74, 6) is -0.606. The number of rotatable bonds is 8. The van der Waals surface area contributed by atoms with Gasteiger partial charge in [-0.25, -0.2) is 0 Å². The molecule has 5 heteroatoms. The smallest absolute Gasteiger partial charge is 0.257 e. The Morgan fingerprint density at radius 2 is 1.75 bits per heavy atom. The Morgan fingerprint density at radius 1 is 1.08 bits per heavy atom. The number of hydrogen-bond acceptors (Lipinski definition) is 4. The van der Waals surface area contributed by atoms with E-state index in [1.54, 1.807) is 12.1 Å². The molecule has 1 amide bonds. The van der Waals surface area contributed by atoms with E-state index in [1.807, 2.05) is 25.1 Å². The lowest BCUT2D eigenvalue weighted by atomic mass is 10.1. The molecule has 128 valence electrons. The van der Waals surface area contributed by atoms with Crippen LogP contribution in [0.2, 0.25) is 0 Å². The summed E-state index contributed by atoms with van der Waals surface area (Å²) in [4.78, 5) is 12.0. The van der Waals surface area contributed by atoms with E-state index in [2.05, 4.69) is 22.8 Å². The van der Waals surface area contributed by atoms with Crippen LogP contribution < -0.4 is 10.6 Å². The van der Waals surface area contributed by atoms with Crippen molar-refractivity contribution >= 4 is 5.91 Å². The van der Waals surface area contributed by atoms with E-state index in [1.165, 1.54) is 17.7 Å². The van der Waals surface area contributed by atoms with Gasteiger partial charge in [-0.1, -0.05) is 42.5 Å². The molecule has 0 aromatic heterocycles. The highest BCUT2D eigenvalue weighted by Crippen LogP contribution is 2.15. The van der Waals surface area contributed by atoms with Crippen molar-refractivity contribution in [1.82, 2.24) is 10.6 Å². The van der Waals surface area contributed by atoms with Gasteiger partial charge in [-0.3, -0.25) is 4.79 Å². The lowest BCUT2D eigenvalue weighted by Crippen LogP contribution is -2.44. The highest BCUT2D eigenvalue weighted by Gasteiger charge is 2.14. The minimum Gasteiger partial charge on any atom is -0.507 e. The van der Waals surface area contributed by atoms with Gasteiger partial charge in [0.2, 0.25) is 0 Å². The second kappa shape index (κ2) is 9.05. The normalized spacial score (nSPS) is 13.2. The van der Waals surface area contributed by atoms with Crippen molar-refractivity contribution in [2.45, 2.75) is 32.0 Å². The first-order valence-corrected chi connectivity index (χ1v) is 8.10. The predicted octanol–water partition coefficient (Wildman–Crippen LogP) is 2.05. The third-order valence-electron chi connectivity index (χ3n) is 3.81. The van der Waals surface area contributed by atoms with Gasteiger partial charge in [-0.15, -0.1) is 0 Å². The third-order valence-corrected chi connectivity index (χ3v) is 3.81. The molecule has 2 aromatic rings. The maximum Gasteiger partial charge on any atom is 0.257 e. The Morgan fingerprint density at radius 3 is 2.46 bits per heavy atom. The monoisotopic (exact) mass is 328 g/mol. The first-order chi connectivity index (χ1) is 11.6. The van der Waals surface area contributed by atoms with Crippen LogP contribution in [-0.2, 0) is 6.42 Å². The van der Waals surface area contributed by atoms with Crippen molar-refractivity contribution in [3.05, 3.63) is 65.7 Å². The number of aliphatic hydroxyl groups excluding tert-OH is 1. The van der Waals surface area contributed by atoms with Gasteiger partial charge in [0.25, 0.3) is 5.91 Å². The average Bonchev–Trinajstić information content (AvgIpc) is 2.59. The molecule has 2 rings (SSSR count). The van der Waals surface area contributed by atoms with Crippen molar-refractivity contribution in [3.63, 3.8) is 0 Å². The number of amides is 1. The first-order valence-electron chi connectivity index (χ1n) is 8.10. The molecule has 0 radical (unpaired) electrons. The molecule has 0 bridgehead atoms. The quantitative estimate of drug-likeness (QED) is 0.559. The zero-order valence-electron chi connectivity index (χ0n) is 13.8. The van der Waals surface area contributed by atoms with Crippen LogP contribution in [0, 0.1) is 0 Å². The van der Waals surface area contributed by atoms with Gasteiger partial charge in [-0.05, 0) is 37.5 Å². The van der Waals surface area contributed by atoms with Gasteiger partial charge >= 0.3 is 0 Å². The fourth-order valence-corrected chi connectivity index (χ4v) is 2.39. The van der Waals surface area contributed by atoms with Crippen molar-refractivity contribution in [3.8, 4) is 5.75 Å². The maximum atomic E-state index is 12.0. The van der Waals surface area contributed by atoms with E-state index in [0.717, 1.165) is 12.8 Å². The SMILES string of the molecule is C[C@H](CCc1ccccc1)NC[C@@H](O)NC(=O)c1ccccc1O. The van der Waals surface area contributed by atoms with E-state index in [4.69, 9.17) is 0 Å². The molecule has 0 aliphatic carbocycles. The largest absolute Gasteiger partial charge is 0.507 e. The summed E-state index contributed by atoms with van der Waals surface area (Å²) >= 11 is 0. The van der Waals surface area contributed by atoms with E-state index in [9.17, 15) is 15.0 Å². The number of hydrogen-bond donors (Lipinski definition) is 4. The number of carbonyl (C=O) groups excluding carboxylic acids is 1. The van der Waals surface area contributed by atoms with E-state index < -0.39 is 12.1 Å². The van der Waals surface area contributed by atoms with Crippen molar-refractivity contribution in [1.29, 1.82) is 0 Å². The Bertz CT molecular complexity index is 646. The fraction of sp³-hybridized carbons (Fsp3) is 0.316. The van der Waals surface area contributed by atoms with Gasteiger partial charge in [0.05, 0.1) is 5.56 Å². The number of aryl methyl sites for hydroxylation is 1. The molecular weight excluding hydrogens is 304 g/mol. The molecule has 0 saturated heterocycles. The minimum absolute atomic E-state index is 0.105. The van der Waals surface area contributed by atoms with Crippen molar-refractivity contribution < 1.29 is 15.0 Å². The second-order valence-electron chi connectivity index (χ2n) is 5.84. The Hall–Kier alpha value is -2.37. The summed E-state index contributed by atoms with van der Waals surface area (Å²) in [7, 11) is 0. The Labute approximate surface area is 142 Å². The summed E-state index contributed by atoms with van der Waals surface area (Å²) < 4.78 is 0. The molecule has 2 aromatic carbocycles. The van der Waals surface area contributed by atoms with E-state index in [0.29, 0.717) is 0 Å². The lowest BCUT2D eigenvalue weighted by Gasteiger charge is -2.18. The number of para-hydroxylation sites is 1. The summed E-state index contributed by atoms with van der Waals surface area (Å²) in [5.41, 5.74) is 1.42. The molecule has 0 heterocycles. The van der Waals surface area contributed by atoms with Gasteiger partial charge in [0, 0.05) is 12.6 Å². The van der Waals surface area contributed by atoms with Gasteiger partial charge in [0.1, 0.15) is 12.0 Å². The van der Waals surface area contributed by atoms with Gasteiger partial charge in [-0.2, -0.15) is 0 Å². The molecular formula is C19H24N2O3. The number of nitrogens with one attached hydrogen (secondary N) is 2. The van der Waals surface area contributed by atoms with Gasteiger partial charge < -0.3 is 20.8 Å². The van der Waals surface area contributed by atoms with Crippen LogP contribution in [0.25, 0.3) is 0 Å². The molecule has 0 fully saturated rings. The number of carbonyl (C=O) groups is 1. The first kappa shape index (κ1) is 18.0. The molecule has 0 aliphatic heterocycles. The fourth-order valence-electron chi connectivity index (χ4n) is 2.39. The number of aromatic hydroxyl groups is 1. The van der Waals surface area contributed by atoms with E-state index in [-0.39, 0.29) is 23.9 Å². The zero-order valence-corrected chi connectivity index (χ0v) is 13.8. The van der Waals surface area contributed by atoms with Crippen LogP contribution in [0.3, 0.4) is 0 Å². The molecule has 24 heavy (non-hydrogen) atoms. The summed E-state index contributed by atoms with van der Waals surface area (Å²) in [6.45, 7) is 2.29. The van der Waals surface area contributed by atoms with Crippen LogP contribution in [0.5, 0.6) is 5.75 Å². The lowest BCUT2D eigenvalue weighted by molar-refractivity contribution is 0.0774. The molecule has 0 aliphatic rings. The van der Waals surface area contributed by atoms with Crippen LogP contribution in [0.1, 0.15) is 29.3 Å². The van der Waals surface area contributed by atoms with Gasteiger partial charge in [0.15, 0.2) is 0 Å². The minimum atomic E-state index is -1.02. The maximum absolute atomic E-state index is 12.0. The van der Waals surface area contributed by atoms with E-state index >= 15 is 0 Å². The van der Waals surface area contributed by atoms with Crippen molar-refractivity contribution in [2.75, 3.05) is 6.54 Å². The zero-order chi connectivity index (χ0) is 17.4. The highest BCUT2D eigenvalue weighted by molar-refractivity contribution is 5.96. The number of benzene rings is 2. The molecule has 0 saturated carbocycles. The molecule has 0 unspecified atom stereocenters. The van der Waals surface area contributed by atoms with Crippen LogP contribution in [0.4, 0.5) is 0 Å². The average molecular weight is 328 g/mol. The molecule has 2 atom stereocenters. The predicted molar refractivity (Wildman–Crippen MR) is 93.8 cm³/mol. The summed E-state index contributed by atoms with van der Waals surface area (Å²) in [6.07, 6.45) is 0.871. The number of phenols is 1. The summed E-state index contributed by atoms with van der Waals surface area (Å²) in [5, 5.41) is 25.2. The highest BCUT2D eigenvalue weighted by atomic mass is 16.3.